The first kappa shape index (κ1) is 15.7. The fourth-order valence-electron chi connectivity index (χ4n) is 2.84. The number of aromatic amines is 1. The van der Waals surface area contributed by atoms with E-state index in [0.29, 0.717) is 35.2 Å². The molecule has 8 nitrogen and oxygen atoms in total. The maximum absolute atomic E-state index is 12.7. The highest BCUT2D eigenvalue weighted by Gasteiger charge is 2.26. The summed E-state index contributed by atoms with van der Waals surface area (Å²) in [6.07, 6.45) is 2.41. The number of hydrogen-bond acceptors (Lipinski definition) is 5. The molecule has 0 saturated heterocycles. The monoisotopic (exact) mass is 356 g/mol. The number of aromatic nitrogens is 4. The summed E-state index contributed by atoms with van der Waals surface area (Å²) in [6.45, 7) is 0.741. The summed E-state index contributed by atoms with van der Waals surface area (Å²) in [5, 5.41) is 6.40. The summed E-state index contributed by atoms with van der Waals surface area (Å²) >= 11 is 1.41. The zero-order chi connectivity index (χ0) is 17.4. The van der Waals surface area contributed by atoms with Gasteiger partial charge in [0.1, 0.15) is 0 Å². The van der Waals surface area contributed by atoms with Crippen LogP contribution in [-0.2, 0) is 13.0 Å². The summed E-state index contributed by atoms with van der Waals surface area (Å²) in [6, 6.07) is 9.02. The number of nitrogens with zero attached hydrogens (tertiary/aromatic N) is 4. The van der Waals surface area contributed by atoms with Crippen LogP contribution in [0.2, 0.25) is 0 Å². The Morgan fingerprint density at radius 3 is 2.84 bits per heavy atom. The highest BCUT2D eigenvalue weighted by atomic mass is 32.2. The van der Waals surface area contributed by atoms with Gasteiger partial charge in [0.05, 0.1) is 17.8 Å². The number of H-pyrrole nitrogens is 1. The molecule has 128 valence electrons. The molecule has 25 heavy (non-hydrogen) atoms. The van der Waals surface area contributed by atoms with Crippen molar-refractivity contribution in [2.75, 3.05) is 18.1 Å². The third kappa shape index (κ3) is 2.86. The molecule has 0 spiro atoms. The summed E-state index contributed by atoms with van der Waals surface area (Å²) in [5.41, 5.74) is 1.77. The van der Waals surface area contributed by atoms with Gasteiger partial charge in [0.15, 0.2) is 5.16 Å². The number of fused-ring (bicyclic) bond motifs is 2. The molecule has 2 amide bonds. The second-order valence-electron chi connectivity index (χ2n) is 5.68. The molecular weight excluding hydrogens is 340 g/mol. The number of nitrogens with one attached hydrogen (secondary N) is 2. The molecule has 3 heterocycles. The largest absolute Gasteiger partial charge is 0.322 e. The van der Waals surface area contributed by atoms with E-state index in [9.17, 15) is 9.59 Å². The van der Waals surface area contributed by atoms with Crippen molar-refractivity contribution in [2.24, 2.45) is 0 Å². The van der Waals surface area contributed by atoms with Gasteiger partial charge in [0.25, 0.3) is 11.3 Å². The normalized spacial score (nSPS) is 13.7. The zero-order valence-corrected chi connectivity index (χ0v) is 14.3. The van der Waals surface area contributed by atoms with Crippen LogP contribution < -0.4 is 10.9 Å². The number of benzene rings is 1. The standard InChI is InChI=1S/C16H16N6O2S/c1-25-15-19-14-18-12-7-8-21(9-11(12)13(23)22(14)20-15)16(24)17-10-5-3-2-4-6-10/h2-6H,7-9H2,1H3,(H,17,24)(H,18,19,20). The maximum Gasteiger partial charge on any atom is 0.322 e. The molecule has 1 aromatic carbocycles. The molecule has 0 fully saturated rings. The molecule has 0 radical (unpaired) electrons. The first-order valence-corrected chi connectivity index (χ1v) is 9.03. The van der Waals surface area contributed by atoms with Crippen molar-refractivity contribution in [3.63, 3.8) is 0 Å². The van der Waals surface area contributed by atoms with Gasteiger partial charge in [-0.1, -0.05) is 30.0 Å². The van der Waals surface area contributed by atoms with Crippen LogP contribution in [0.4, 0.5) is 10.5 Å². The molecule has 9 heteroatoms. The Balaban J connectivity index is 1.62. The number of carbonyl (C=O) groups excluding carboxylic acids is 1. The van der Waals surface area contributed by atoms with Crippen LogP contribution in [0, 0.1) is 0 Å². The number of carbonyl (C=O) groups is 1. The average Bonchev–Trinajstić information content (AvgIpc) is 3.06. The molecule has 2 aromatic heterocycles. The Morgan fingerprint density at radius 1 is 1.28 bits per heavy atom. The molecule has 0 atom stereocenters. The Kier molecular flexibility index (Phi) is 3.92. The van der Waals surface area contributed by atoms with Crippen molar-refractivity contribution < 1.29 is 4.79 Å². The minimum Gasteiger partial charge on any atom is -0.320 e. The van der Waals surface area contributed by atoms with E-state index in [2.05, 4.69) is 20.4 Å². The van der Waals surface area contributed by atoms with Gasteiger partial charge in [-0.25, -0.2) is 9.78 Å². The topological polar surface area (TPSA) is 95.4 Å². The van der Waals surface area contributed by atoms with Gasteiger partial charge in [-0.3, -0.25) is 9.89 Å². The minimum atomic E-state index is -0.226. The Bertz CT molecular complexity index is 997. The van der Waals surface area contributed by atoms with Gasteiger partial charge in [-0.05, 0) is 18.4 Å². The van der Waals surface area contributed by atoms with E-state index in [1.54, 1.807) is 4.90 Å². The molecular formula is C16H16N6O2S. The molecule has 0 unspecified atom stereocenters. The van der Waals surface area contributed by atoms with Crippen LogP contribution >= 0.6 is 11.8 Å². The molecule has 1 aliphatic rings. The number of rotatable bonds is 2. The molecule has 0 saturated carbocycles. The third-order valence-corrected chi connectivity index (χ3v) is 4.70. The van der Waals surface area contributed by atoms with Gasteiger partial charge in [-0.2, -0.15) is 9.50 Å². The quantitative estimate of drug-likeness (QED) is 0.682. The Labute approximate surface area is 147 Å². The SMILES string of the molecule is CSc1nc2nc3c(c(=O)n2[nH]1)CN(C(=O)Nc1ccccc1)CC3. The molecule has 2 N–H and O–H groups in total. The van der Waals surface area contributed by atoms with Crippen LogP contribution in [0.3, 0.4) is 0 Å². The van der Waals surface area contributed by atoms with E-state index in [0.717, 1.165) is 5.69 Å². The third-order valence-electron chi connectivity index (χ3n) is 4.13. The highest BCUT2D eigenvalue weighted by Crippen LogP contribution is 2.17. The summed E-state index contributed by atoms with van der Waals surface area (Å²) in [4.78, 5) is 35.5. The van der Waals surface area contributed by atoms with Crippen molar-refractivity contribution in [1.29, 1.82) is 0 Å². The number of para-hydroxylation sites is 1. The number of anilines is 1. The highest BCUT2D eigenvalue weighted by molar-refractivity contribution is 7.98. The van der Waals surface area contributed by atoms with Gasteiger partial charge in [0, 0.05) is 18.7 Å². The summed E-state index contributed by atoms with van der Waals surface area (Å²) in [7, 11) is 0. The zero-order valence-electron chi connectivity index (χ0n) is 13.5. The van der Waals surface area contributed by atoms with Crippen molar-refractivity contribution in [2.45, 2.75) is 18.1 Å². The van der Waals surface area contributed by atoms with Crippen molar-refractivity contribution in [3.05, 3.63) is 51.9 Å². The lowest BCUT2D eigenvalue weighted by Crippen LogP contribution is -2.42. The van der Waals surface area contributed by atoms with Crippen LogP contribution in [0.25, 0.3) is 5.78 Å². The number of thioether (sulfide) groups is 1. The summed E-state index contributed by atoms with van der Waals surface area (Å²) < 4.78 is 1.34. The number of urea groups is 1. The lowest BCUT2D eigenvalue weighted by atomic mass is 10.1. The first-order valence-electron chi connectivity index (χ1n) is 7.81. The van der Waals surface area contributed by atoms with Crippen molar-refractivity contribution in [3.8, 4) is 0 Å². The number of hydrogen-bond donors (Lipinski definition) is 2. The van der Waals surface area contributed by atoms with Gasteiger partial charge in [0.2, 0.25) is 0 Å². The molecule has 4 rings (SSSR count). The predicted octanol–water partition coefficient (Wildman–Crippen LogP) is 1.73. The van der Waals surface area contributed by atoms with Crippen LogP contribution in [0.15, 0.2) is 40.3 Å². The molecule has 3 aromatic rings. The Hall–Kier alpha value is -2.81. The lowest BCUT2D eigenvalue weighted by Gasteiger charge is -2.27. The fourth-order valence-corrected chi connectivity index (χ4v) is 3.20. The van der Waals surface area contributed by atoms with Crippen molar-refractivity contribution >= 4 is 29.3 Å². The number of amides is 2. The van der Waals surface area contributed by atoms with Gasteiger partial charge < -0.3 is 10.2 Å². The predicted molar refractivity (Wildman–Crippen MR) is 95.0 cm³/mol. The van der Waals surface area contributed by atoms with E-state index in [4.69, 9.17) is 0 Å². The van der Waals surface area contributed by atoms with E-state index < -0.39 is 0 Å². The Morgan fingerprint density at radius 2 is 2.08 bits per heavy atom. The van der Waals surface area contributed by atoms with Crippen LogP contribution in [0.1, 0.15) is 11.3 Å². The van der Waals surface area contributed by atoms with E-state index >= 15 is 0 Å². The van der Waals surface area contributed by atoms with Crippen LogP contribution in [-0.4, -0.2) is 43.3 Å². The minimum absolute atomic E-state index is 0.204. The molecule has 1 aliphatic heterocycles. The second-order valence-corrected chi connectivity index (χ2v) is 6.47. The average molecular weight is 356 g/mol. The van der Waals surface area contributed by atoms with E-state index in [1.807, 2.05) is 36.6 Å². The molecule has 0 bridgehead atoms. The van der Waals surface area contributed by atoms with Gasteiger partial charge >= 0.3 is 6.03 Å². The van der Waals surface area contributed by atoms with Crippen LogP contribution in [0.5, 0.6) is 0 Å². The van der Waals surface area contributed by atoms with Crippen molar-refractivity contribution in [1.82, 2.24) is 24.5 Å². The fraction of sp³-hybridized carbons (Fsp3) is 0.250. The smallest absolute Gasteiger partial charge is 0.320 e. The maximum atomic E-state index is 12.7. The summed E-state index contributed by atoms with van der Waals surface area (Å²) in [5.74, 6) is 0.371. The lowest BCUT2D eigenvalue weighted by molar-refractivity contribution is 0.205. The molecule has 0 aliphatic carbocycles. The van der Waals surface area contributed by atoms with E-state index in [-0.39, 0.29) is 18.1 Å². The second kappa shape index (κ2) is 6.25. The van der Waals surface area contributed by atoms with Gasteiger partial charge in [-0.15, -0.1) is 0 Å². The first-order chi connectivity index (χ1) is 12.2. The van der Waals surface area contributed by atoms with E-state index in [1.165, 1.54) is 16.3 Å².